The van der Waals surface area contributed by atoms with Crippen molar-refractivity contribution in [2.24, 2.45) is 0 Å². The number of anilines is 1. The maximum absolute atomic E-state index is 6.31. The van der Waals surface area contributed by atoms with Crippen LogP contribution in [0, 0.1) is 0 Å². The van der Waals surface area contributed by atoms with Crippen LogP contribution in [0.2, 0.25) is 5.02 Å². The summed E-state index contributed by atoms with van der Waals surface area (Å²) < 4.78 is 0. The summed E-state index contributed by atoms with van der Waals surface area (Å²) in [5, 5.41) is 4.33. The number of pyridine rings is 1. The lowest BCUT2D eigenvalue weighted by atomic mass is 9.94. The summed E-state index contributed by atoms with van der Waals surface area (Å²) >= 11 is 6.31. The van der Waals surface area contributed by atoms with Crippen LogP contribution in [0.25, 0.3) is 0 Å². The van der Waals surface area contributed by atoms with E-state index in [0.29, 0.717) is 12.1 Å². The second-order valence-electron chi connectivity index (χ2n) is 6.37. The van der Waals surface area contributed by atoms with E-state index in [0.717, 1.165) is 23.9 Å². The highest BCUT2D eigenvalue weighted by Crippen LogP contribution is 2.28. The van der Waals surface area contributed by atoms with Crippen LogP contribution >= 0.6 is 11.6 Å². The van der Waals surface area contributed by atoms with Gasteiger partial charge in [-0.2, -0.15) is 0 Å². The van der Waals surface area contributed by atoms with Crippen LogP contribution in [-0.2, 0) is 6.54 Å². The Balaban J connectivity index is 1.73. The highest BCUT2D eigenvalue weighted by molar-refractivity contribution is 6.31. The van der Waals surface area contributed by atoms with Crippen molar-refractivity contribution in [3.8, 4) is 0 Å². The summed E-state index contributed by atoms with van der Waals surface area (Å²) in [5.74, 6) is 1.10. The molecular formula is C17H26ClN3. The highest BCUT2D eigenvalue weighted by Gasteiger charge is 2.23. The largest absolute Gasteiger partial charge is 0.354 e. The molecule has 1 N–H and O–H groups in total. The number of nitrogens with one attached hydrogen (secondary N) is 1. The van der Waals surface area contributed by atoms with E-state index in [1.807, 2.05) is 6.20 Å². The first-order chi connectivity index (χ1) is 10.3. The van der Waals surface area contributed by atoms with Crippen molar-refractivity contribution in [1.82, 2.24) is 10.3 Å². The Morgan fingerprint density at radius 2 is 2.00 bits per heavy atom. The van der Waals surface area contributed by atoms with Gasteiger partial charge in [-0.05, 0) is 44.2 Å². The minimum Gasteiger partial charge on any atom is -0.354 e. The van der Waals surface area contributed by atoms with E-state index < -0.39 is 0 Å². The third-order valence-corrected chi connectivity index (χ3v) is 5.07. The van der Waals surface area contributed by atoms with E-state index in [4.69, 9.17) is 11.6 Å². The molecule has 3 nitrogen and oxygen atoms in total. The molecule has 1 aromatic rings. The van der Waals surface area contributed by atoms with Crippen LogP contribution in [0.4, 0.5) is 5.82 Å². The van der Waals surface area contributed by atoms with Gasteiger partial charge in [0, 0.05) is 31.4 Å². The van der Waals surface area contributed by atoms with Gasteiger partial charge in [0.15, 0.2) is 0 Å². The minimum absolute atomic E-state index is 0.654. The second kappa shape index (κ2) is 6.97. The van der Waals surface area contributed by atoms with E-state index in [9.17, 15) is 0 Å². The Hall–Kier alpha value is -0.800. The zero-order valence-electron chi connectivity index (χ0n) is 12.9. The molecule has 2 saturated carbocycles. The van der Waals surface area contributed by atoms with Crippen molar-refractivity contribution in [3.63, 3.8) is 0 Å². The Kier molecular flexibility index (Phi) is 5.02. The molecule has 21 heavy (non-hydrogen) atoms. The summed E-state index contributed by atoms with van der Waals surface area (Å²) in [7, 11) is 0. The standard InChI is InChI=1S/C17H26ClN3/c1-2-21(15-6-4-3-5-7-15)17-10-13(16(18)12-20-17)11-19-14-8-9-14/h10,12,14-15,19H,2-9,11H2,1H3. The van der Waals surface area contributed by atoms with Gasteiger partial charge in [-0.1, -0.05) is 30.9 Å². The lowest BCUT2D eigenvalue weighted by Gasteiger charge is -2.34. The quantitative estimate of drug-likeness (QED) is 0.856. The predicted octanol–water partition coefficient (Wildman–Crippen LogP) is 4.15. The number of halogens is 1. The van der Waals surface area contributed by atoms with Gasteiger partial charge in [0.25, 0.3) is 0 Å². The number of aromatic nitrogens is 1. The highest BCUT2D eigenvalue weighted by atomic mass is 35.5. The molecule has 0 aliphatic heterocycles. The van der Waals surface area contributed by atoms with Crippen molar-refractivity contribution < 1.29 is 0 Å². The lowest BCUT2D eigenvalue weighted by Crippen LogP contribution is -2.37. The number of hydrogen-bond acceptors (Lipinski definition) is 3. The van der Waals surface area contributed by atoms with Gasteiger partial charge < -0.3 is 10.2 Å². The Morgan fingerprint density at radius 1 is 1.24 bits per heavy atom. The average Bonchev–Trinajstić information content (AvgIpc) is 3.33. The van der Waals surface area contributed by atoms with E-state index in [-0.39, 0.29) is 0 Å². The van der Waals surface area contributed by atoms with Crippen LogP contribution in [0.1, 0.15) is 57.4 Å². The molecule has 2 aliphatic carbocycles. The van der Waals surface area contributed by atoms with Gasteiger partial charge in [0.05, 0.1) is 5.02 Å². The van der Waals surface area contributed by atoms with Crippen molar-refractivity contribution in [1.29, 1.82) is 0 Å². The molecule has 0 saturated heterocycles. The Bertz CT molecular complexity index is 467. The van der Waals surface area contributed by atoms with Gasteiger partial charge in [0.2, 0.25) is 0 Å². The minimum atomic E-state index is 0.654. The summed E-state index contributed by atoms with van der Waals surface area (Å²) in [5.41, 5.74) is 1.18. The van der Waals surface area contributed by atoms with Crippen LogP contribution in [-0.4, -0.2) is 23.6 Å². The van der Waals surface area contributed by atoms with E-state index in [1.165, 1.54) is 50.5 Å². The third-order valence-electron chi connectivity index (χ3n) is 4.73. The molecule has 0 aromatic carbocycles. The normalized spacial score (nSPS) is 19.7. The molecular weight excluding hydrogens is 282 g/mol. The molecule has 116 valence electrons. The van der Waals surface area contributed by atoms with Crippen molar-refractivity contribution >= 4 is 17.4 Å². The number of hydrogen-bond donors (Lipinski definition) is 1. The maximum atomic E-state index is 6.31. The first-order valence-corrected chi connectivity index (χ1v) is 8.80. The van der Waals surface area contributed by atoms with E-state index in [1.54, 1.807) is 0 Å². The Morgan fingerprint density at radius 3 is 2.67 bits per heavy atom. The molecule has 0 radical (unpaired) electrons. The molecule has 1 heterocycles. The fraction of sp³-hybridized carbons (Fsp3) is 0.706. The summed E-state index contributed by atoms with van der Waals surface area (Å²) in [6, 6.07) is 3.55. The van der Waals surface area contributed by atoms with Gasteiger partial charge in [-0.25, -0.2) is 4.98 Å². The topological polar surface area (TPSA) is 28.2 Å². The zero-order chi connectivity index (χ0) is 14.7. The van der Waals surface area contributed by atoms with Gasteiger partial charge >= 0.3 is 0 Å². The van der Waals surface area contributed by atoms with Crippen LogP contribution in [0.5, 0.6) is 0 Å². The first-order valence-electron chi connectivity index (χ1n) is 8.42. The summed E-state index contributed by atoms with van der Waals surface area (Å²) in [6.07, 6.45) is 11.1. The molecule has 0 spiro atoms. The number of nitrogens with zero attached hydrogens (tertiary/aromatic N) is 2. The van der Waals surface area contributed by atoms with Gasteiger partial charge in [-0.15, -0.1) is 0 Å². The molecule has 2 aliphatic rings. The van der Waals surface area contributed by atoms with Crippen molar-refractivity contribution in [2.75, 3.05) is 11.4 Å². The fourth-order valence-electron chi connectivity index (χ4n) is 3.30. The van der Waals surface area contributed by atoms with Crippen molar-refractivity contribution in [2.45, 2.75) is 70.5 Å². The molecule has 4 heteroatoms. The Labute approximate surface area is 133 Å². The molecule has 3 rings (SSSR count). The van der Waals surface area contributed by atoms with Gasteiger partial charge in [-0.3, -0.25) is 0 Å². The fourth-order valence-corrected chi connectivity index (χ4v) is 3.47. The van der Waals surface area contributed by atoms with E-state index in [2.05, 4.69) is 28.2 Å². The predicted molar refractivity (Wildman–Crippen MR) is 89.0 cm³/mol. The second-order valence-corrected chi connectivity index (χ2v) is 6.77. The molecule has 0 bridgehead atoms. The lowest BCUT2D eigenvalue weighted by molar-refractivity contribution is 0.416. The van der Waals surface area contributed by atoms with Crippen molar-refractivity contribution in [3.05, 3.63) is 22.8 Å². The van der Waals surface area contributed by atoms with Crippen LogP contribution in [0.3, 0.4) is 0 Å². The van der Waals surface area contributed by atoms with E-state index >= 15 is 0 Å². The van der Waals surface area contributed by atoms with Crippen LogP contribution in [0.15, 0.2) is 12.3 Å². The maximum Gasteiger partial charge on any atom is 0.129 e. The molecule has 1 aromatic heterocycles. The molecule has 2 fully saturated rings. The number of rotatable bonds is 6. The monoisotopic (exact) mass is 307 g/mol. The van der Waals surface area contributed by atoms with Gasteiger partial charge in [0.1, 0.15) is 5.82 Å². The summed E-state index contributed by atoms with van der Waals surface area (Å²) in [6.45, 7) is 4.11. The molecule has 0 atom stereocenters. The van der Waals surface area contributed by atoms with Crippen LogP contribution < -0.4 is 10.2 Å². The summed E-state index contributed by atoms with van der Waals surface area (Å²) in [4.78, 5) is 7.06. The zero-order valence-corrected chi connectivity index (χ0v) is 13.7. The first kappa shape index (κ1) is 15.1. The molecule has 0 unspecified atom stereocenters. The smallest absolute Gasteiger partial charge is 0.129 e. The SMILES string of the molecule is CCN(c1cc(CNC2CC2)c(Cl)cn1)C1CCCCC1. The third kappa shape index (κ3) is 3.89. The average molecular weight is 308 g/mol. The molecule has 0 amide bonds.